The Kier molecular flexibility index (Phi) is 10.7. The number of aliphatic imine (C=N–C) groups is 1. The van der Waals surface area contributed by atoms with Gasteiger partial charge < -0.3 is 10.6 Å². The van der Waals surface area contributed by atoms with E-state index in [0.717, 1.165) is 30.1 Å². The van der Waals surface area contributed by atoms with Gasteiger partial charge in [0.05, 0.1) is 5.75 Å². The van der Waals surface area contributed by atoms with E-state index < -0.39 is 10.0 Å². The van der Waals surface area contributed by atoms with E-state index in [0.29, 0.717) is 6.54 Å². The molecule has 0 radical (unpaired) electrons. The summed E-state index contributed by atoms with van der Waals surface area (Å²) in [5.74, 6) is 1.87. The van der Waals surface area contributed by atoms with Crippen LogP contribution in [0.3, 0.4) is 0 Å². The average Bonchev–Trinajstić information content (AvgIpc) is 2.57. The van der Waals surface area contributed by atoms with Crippen LogP contribution in [0.4, 0.5) is 0 Å². The molecule has 1 aromatic rings. The highest BCUT2D eigenvalue weighted by atomic mass is 32.2. The second kappa shape index (κ2) is 12.2. The van der Waals surface area contributed by atoms with Crippen LogP contribution in [0.2, 0.25) is 0 Å². The van der Waals surface area contributed by atoms with Crippen molar-refractivity contribution in [2.75, 3.05) is 25.6 Å². The van der Waals surface area contributed by atoms with Crippen molar-refractivity contribution in [3.63, 3.8) is 0 Å². The maximum Gasteiger partial charge on any atom is 0.216 e. The van der Waals surface area contributed by atoms with E-state index in [1.54, 1.807) is 7.05 Å². The van der Waals surface area contributed by atoms with Crippen molar-refractivity contribution in [1.29, 1.82) is 0 Å². The zero-order chi connectivity index (χ0) is 19.4. The molecule has 0 aliphatic rings. The maximum atomic E-state index is 12.2. The van der Waals surface area contributed by atoms with Gasteiger partial charge in [-0.05, 0) is 49.8 Å². The molecule has 0 aliphatic heterocycles. The summed E-state index contributed by atoms with van der Waals surface area (Å²) in [6.45, 7) is 5.03. The summed E-state index contributed by atoms with van der Waals surface area (Å²) in [6, 6.07) is 7.47. The molecule has 6 nitrogen and oxygen atoms in total. The molecule has 0 aliphatic carbocycles. The zero-order valence-corrected chi connectivity index (χ0v) is 17.8. The SMILES string of the molecule is CN=C(NCCCCSC)NCc1ccccc1CS(=O)(=O)NC(C)C. The van der Waals surface area contributed by atoms with Gasteiger partial charge in [0.15, 0.2) is 5.96 Å². The van der Waals surface area contributed by atoms with Crippen molar-refractivity contribution >= 4 is 27.7 Å². The molecule has 0 saturated heterocycles. The third-order valence-corrected chi connectivity index (χ3v) is 5.84. The molecule has 26 heavy (non-hydrogen) atoms. The van der Waals surface area contributed by atoms with Gasteiger partial charge in [-0.1, -0.05) is 24.3 Å². The molecule has 148 valence electrons. The summed E-state index contributed by atoms with van der Waals surface area (Å²) in [7, 11) is -1.61. The number of sulfonamides is 1. The molecule has 8 heteroatoms. The Balaban J connectivity index is 2.61. The molecule has 0 saturated carbocycles. The predicted octanol–water partition coefficient (Wildman–Crippen LogP) is 2.32. The third-order valence-electron chi connectivity index (χ3n) is 3.62. The lowest BCUT2D eigenvalue weighted by atomic mass is 10.1. The molecule has 0 aromatic heterocycles. The van der Waals surface area contributed by atoms with Crippen LogP contribution < -0.4 is 15.4 Å². The van der Waals surface area contributed by atoms with Gasteiger partial charge in [0.1, 0.15) is 0 Å². The van der Waals surface area contributed by atoms with Crippen molar-refractivity contribution in [1.82, 2.24) is 15.4 Å². The first kappa shape index (κ1) is 22.8. The highest BCUT2D eigenvalue weighted by Crippen LogP contribution is 2.12. The quantitative estimate of drug-likeness (QED) is 0.302. The first-order chi connectivity index (χ1) is 12.4. The molecule has 1 rings (SSSR count). The van der Waals surface area contributed by atoms with Crippen LogP contribution in [0.15, 0.2) is 29.3 Å². The summed E-state index contributed by atoms with van der Waals surface area (Å²) in [5, 5.41) is 6.55. The fraction of sp³-hybridized carbons (Fsp3) is 0.611. The number of nitrogens with zero attached hydrogens (tertiary/aromatic N) is 1. The fourth-order valence-electron chi connectivity index (χ4n) is 2.45. The van der Waals surface area contributed by atoms with Gasteiger partial charge >= 0.3 is 0 Å². The lowest BCUT2D eigenvalue weighted by Crippen LogP contribution is -2.37. The Morgan fingerprint density at radius 3 is 2.46 bits per heavy atom. The van der Waals surface area contributed by atoms with E-state index in [1.807, 2.05) is 49.9 Å². The Bertz CT molecular complexity index is 661. The van der Waals surface area contributed by atoms with Crippen LogP contribution in [0.1, 0.15) is 37.8 Å². The van der Waals surface area contributed by atoms with Crippen molar-refractivity contribution in [3.05, 3.63) is 35.4 Å². The summed E-state index contributed by atoms with van der Waals surface area (Å²) in [5.41, 5.74) is 1.75. The van der Waals surface area contributed by atoms with Gasteiger partial charge in [0.25, 0.3) is 0 Å². The molecule has 0 bridgehead atoms. The minimum Gasteiger partial charge on any atom is -0.356 e. The fourth-order valence-corrected chi connectivity index (χ4v) is 4.44. The van der Waals surface area contributed by atoms with Crippen LogP contribution in [0.5, 0.6) is 0 Å². The highest BCUT2D eigenvalue weighted by molar-refractivity contribution is 7.98. The van der Waals surface area contributed by atoms with Crippen molar-refractivity contribution in [3.8, 4) is 0 Å². The van der Waals surface area contributed by atoms with E-state index in [-0.39, 0.29) is 11.8 Å². The van der Waals surface area contributed by atoms with E-state index in [2.05, 4.69) is 26.6 Å². The van der Waals surface area contributed by atoms with Crippen LogP contribution in [0, 0.1) is 0 Å². The molecule has 1 aromatic carbocycles. The number of hydrogen-bond donors (Lipinski definition) is 3. The standard InChI is InChI=1S/C18H32N4O2S2/c1-15(2)22-26(23,24)14-17-10-6-5-9-16(17)13-21-18(19-3)20-11-7-8-12-25-4/h5-6,9-10,15,22H,7-8,11-14H2,1-4H3,(H2,19,20,21). The van der Waals surface area contributed by atoms with E-state index in [9.17, 15) is 8.42 Å². The Morgan fingerprint density at radius 1 is 1.15 bits per heavy atom. The molecular weight excluding hydrogens is 368 g/mol. The number of unbranched alkanes of at least 4 members (excludes halogenated alkanes) is 1. The summed E-state index contributed by atoms with van der Waals surface area (Å²) in [6.07, 6.45) is 4.38. The minimum absolute atomic E-state index is 0.0241. The van der Waals surface area contributed by atoms with Gasteiger partial charge in [-0.15, -0.1) is 0 Å². The second-order valence-corrected chi connectivity index (χ2v) is 9.09. The summed E-state index contributed by atoms with van der Waals surface area (Å²) >= 11 is 1.86. The van der Waals surface area contributed by atoms with E-state index >= 15 is 0 Å². The monoisotopic (exact) mass is 400 g/mol. The zero-order valence-electron chi connectivity index (χ0n) is 16.2. The lowest BCUT2D eigenvalue weighted by Gasteiger charge is -2.15. The van der Waals surface area contributed by atoms with Gasteiger partial charge in [0.2, 0.25) is 10.0 Å². The minimum atomic E-state index is -3.35. The van der Waals surface area contributed by atoms with Gasteiger partial charge in [0, 0.05) is 26.2 Å². The van der Waals surface area contributed by atoms with Crippen LogP contribution in [0.25, 0.3) is 0 Å². The Hall–Kier alpha value is -1.25. The first-order valence-corrected chi connectivity index (χ1v) is 11.9. The van der Waals surface area contributed by atoms with Gasteiger partial charge in [-0.2, -0.15) is 11.8 Å². The van der Waals surface area contributed by atoms with Crippen LogP contribution in [-0.2, 0) is 22.3 Å². The molecule has 0 fully saturated rings. The molecular formula is C18H32N4O2S2. The van der Waals surface area contributed by atoms with Crippen molar-refractivity contribution in [2.24, 2.45) is 4.99 Å². The largest absolute Gasteiger partial charge is 0.356 e. The van der Waals surface area contributed by atoms with Crippen molar-refractivity contribution in [2.45, 2.75) is 45.0 Å². The van der Waals surface area contributed by atoms with Gasteiger partial charge in [-0.3, -0.25) is 4.99 Å². The number of rotatable bonds is 11. The smallest absolute Gasteiger partial charge is 0.216 e. The maximum absolute atomic E-state index is 12.2. The van der Waals surface area contributed by atoms with Crippen LogP contribution in [-0.4, -0.2) is 46.0 Å². The molecule has 0 amide bonds. The Labute approximate surface area is 162 Å². The second-order valence-electron chi connectivity index (χ2n) is 6.35. The number of benzene rings is 1. The number of hydrogen-bond acceptors (Lipinski definition) is 4. The van der Waals surface area contributed by atoms with E-state index in [4.69, 9.17) is 0 Å². The lowest BCUT2D eigenvalue weighted by molar-refractivity contribution is 0.568. The normalized spacial score (nSPS) is 12.4. The third kappa shape index (κ3) is 9.45. The first-order valence-electron chi connectivity index (χ1n) is 8.88. The van der Waals surface area contributed by atoms with E-state index in [1.165, 1.54) is 12.2 Å². The van der Waals surface area contributed by atoms with Gasteiger partial charge in [-0.25, -0.2) is 13.1 Å². The topological polar surface area (TPSA) is 82.6 Å². The molecule has 0 spiro atoms. The highest BCUT2D eigenvalue weighted by Gasteiger charge is 2.15. The molecule has 0 heterocycles. The number of thioether (sulfide) groups is 1. The molecule has 0 unspecified atom stereocenters. The predicted molar refractivity (Wildman–Crippen MR) is 113 cm³/mol. The summed E-state index contributed by atoms with van der Waals surface area (Å²) in [4.78, 5) is 4.22. The number of guanidine groups is 1. The molecule has 3 N–H and O–H groups in total. The van der Waals surface area contributed by atoms with Crippen molar-refractivity contribution < 1.29 is 8.42 Å². The number of nitrogens with one attached hydrogen (secondary N) is 3. The molecule has 0 atom stereocenters. The Morgan fingerprint density at radius 2 is 1.85 bits per heavy atom. The summed E-state index contributed by atoms with van der Waals surface area (Å²) < 4.78 is 27.1. The van der Waals surface area contributed by atoms with Crippen LogP contribution >= 0.6 is 11.8 Å². The average molecular weight is 401 g/mol.